The highest BCUT2D eigenvalue weighted by molar-refractivity contribution is 6.02. The Kier molecular flexibility index (Phi) is 7.14. The van der Waals surface area contributed by atoms with Crippen LogP contribution in [0.1, 0.15) is 18.1 Å². The quantitative estimate of drug-likeness (QED) is 0.720. The van der Waals surface area contributed by atoms with E-state index in [0.717, 1.165) is 48.8 Å². The number of ether oxygens (including phenoxy) is 3. The Labute approximate surface area is 172 Å². The molecule has 0 saturated carbocycles. The third kappa shape index (κ3) is 5.51. The van der Waals surface area contributed by atoms with Crippen LogP contribution in [0, 0.1) is 6.92 Å². The number of rotatable bonds is 7. The van der Waals surface area contributed by atoms with Crippen LogP contribution >= 0.6 is 0 Å². The summed E-state index contributed by atoms with van der Waals surface area (Å²) >= 11 is 0. The fraction of sp³-hybridized carbons (Fsp3) is 0.348. The molecule has 2 aromatic carbocycles. The van der Waals surface area contributed by atoms with Gasteiger partial charge in [0.2, 0.25) is 5.91 Å². The first-order valence-electron chi connectivity index (χ1n) is 9.84. The second-order valence-electron chi connectivity index (χ2n) is 6.76. The van der Waals surface area contributed by atoms with E-state index in [0.29, 0.717) is 18.1 Å². The van der Waals surface area contributed by atoms with Gasteiger partial charge in [0.25, 0.3) is 0 Å². The number of amides is 1. The monoisotopic (exact) mass is 396 g/mol. The minimum absolute atomic E-state index is 0.180. The van der Waals surface area contributed by atoms with E-state index in [1.54, 1.807) is 13.2 Å². The molecule has 0 bridgehead atoms. The molecule has 0 spiro atoms. The summed E-state index contributed by atoms with van der Waals surface area (Å²) in [6.45, 7) is 7.77. The highest BCUT2D eigenvalue weighted by Gasteiger charge is 2.12. The molecule has 1 aliphatic heterocycles. The van der Waals surface area contributed by atoms with Crippen LogP contribution in [0.2, 0.25) is 0 Å². The van der Waals surface area contributed by atoms with E-state index in [-0.39, 0.29) is 5.91 Å². The summed E-state index contributed by atoms with van der Waals surface area (Å²) in [6, 6.07) is 11.7. The number of anilines is 2. The van der Waals surface area contributed by atoms with Crippen molar-refractivity contribution in [2.75, 3.05) is 50.2 Å². The maximum atomic E-state index is 12.4. The third-order valence-corrected chi connectivity index (χ3v) is 4.76. The minimum atomic E-state index is -0.180. The van der Waals surface area contributed by atoms with Gasteiger partial charge in [-0.1, -0.05) is 6.07 Å². The molecule has 0 aliphatic carbocycles. The van der Waals surface area contributed by atoms with Gasteiger partial charge in [0, 0.05) is 30.5 Å². The van der Waals surface area contributed by atoms with Crippen molar-refractivity contribution in [3.8, 4) is 11.5 Å². The average Bonchev–Trinajstić information content (AvgIpc) is 2.75. The van der Waals surface area contributed by atoms with E-state index in [9.17, 15) is 4.79 Å². The lowest BCUT2D eigenvalue weighted by molar-refractivity contribution is -0.111. The van der Waals surface area contributed by atoms with Crippen LogP contribution in [0.3, 0.4) is 0 Å². The molecule has 0 radical (unpaired) electrons. The molecule has 29 heavy (non-hydrogen) atoms. The van der Waals surface area contributed by atoms with Crippen LogP contribution in [0.4, 0.5) is 11.4 Å². The molecule has 1 saturated heterocycles. The first kappa shape index (κ1) is 20.7. The SMILES string of the molecule is CCOc1ccc(/C=C/C(=O)Nc2ccc(N3CCOCC3)cc2C)cc1OC. The number of aryl methyl sites for hydroxylation is 1. The number of carbonyl (C=O) groups is 1. The molecule has 1 amide bonds. The summed E-state index contributed by atoms with van der Waals surface area (Å²) in [5, 5.41) is 2.95. The van der Waals surface area contributed by atoms with Crippen molar-refractivity contribution in [2.45, 2.75) is 13.8 Å². The summed E-state index contributed by atoms with van der Waals surface area (Å²) in [4.78, 5) is 14.7. The number of morpholine rings is 1. The van der Waals surface area contributed by atoms with Crippen LogP contribution in [0.5, 0.6) is 11.5 Å². The minimum Gasteiger partial charge on any atom is -0.493 e. The highest BCUT2D eigenvalue weighted by atomic mass is 16.5. The Morgan fingerprint density at radius 3 is 2.66 bits per heavy atom. The first-order chi connectivity index (χ1) is 14.1. The molecule has 0 aromatic heterocycles. The van der Waals surface area contributed by atoms with Gasteiger partial charge in [-0.3, -0.25) is 4.79 Å². The molecular formula is C23H28N2O4. The third-order valence-electron chi connectivity index (χ3n) is 4.76. The van der Waals surface area contributed by atoms with Crippen LogP contribution < -0.4 is 19.7 Å². The van der Waals surface area contributed by atoms with Gasteiger partial charge in [-0.25, -0.2) is 0 Å². The molecule has 2 aromatic rings. The molecule has 0 atom stereocenters. The number of nitrogens with one attached hydrogen (secondary N) is 1. The van der Waals surface area contributed by atoms with Gasteiger partial charge in [0.15, 0.2) is 11.5 Å². The summed E-state index contributed by atoms with van der Waals surface area (Å²) in [6.07, 6.45) is 3.27. The largest absolute Gasteiger partial charge is 0.493 e. The van der Waals surface area contributed by atoms with Crippen LogP contribution in [0.25, 0.3) is 6.08 Å². The molecule has 3 rings (SSSR count). The summed E-state index contributed by atoms with van der Waals surface area (Å²) in [7, 11) is 1.60. The van der Waals surface area contributed by atoms with E-state index >= 15 is 0 Å². The number of benzene rings is 2. The lowest BCUT2D eigenvalue weighted by Crippen LogP contribution is -2.36. The summed E-state index contributed by atoms with van der Waals surface area (Å²) in [5.41, 5.74) is 3.85. The van der Waals surface area contributed by atoms with Gasteiger partial charge in [-0.05, 0) is 61.4 Å². The molecule has 1 N–H and O–H groups in total. The molecule has 154 valence electrons. The van der Waals surface area contributed by atoms with Crippen molar-refractivity contribution in [3.05, 3.63) is 53.6 Å². The van der Waals surface area contributed by atoms with E-state index in [1.165, 1.54) is 6.08 Å². The Morgan fingerprint density at radius 1 is 1.17 bits per heavy atom. The average molecular weight is 396 g/mol. The highest BCUT2D eigenvalue weighted by Crippen LogP contribution is 2.28. The Bertz CT molecular complexity index is 873. The number of hydrogen-bond donors (Lipinski definition) is 1. The molecule has 6 heteroatoms. The van der Waals surface area contributed by atoms with E-state index in [2.05, 4.69) is 16.3 Å². The zero-order valence-corrected chi connectivity index (χ0v) is 17.2. The molecular weight excluding hydrogens is 368 g/mol. The molecule has 6 nitrogen and oxygen atoms in total. The second-order valence-corrected chi connectivity index (χ2v) is 6.76. The normalized spacial score (nSPS) is 14.1. The topological polar surface area (TPSA) is 60.0 Å². The van der Waals surface area contributed by atoms with E-state index in [1.807, 2.05) is 44.2 Å². The molecule has 1 fully saturated rings. The van der Waals surface area contributed by atoms with Crippen LogP contribution in [-0.4, -0.2) is 45.9 Å². The van der Waals surface area contributed by atoms with Crippen LogP contribution in [-0.2, 0) is 9.53 Å². The smallest absolute Gasteiger partial charge is 0.248 e. The lowest BCUT2D eigenvalue weighted by Gasteiger charge is -2.29. The van der Waals surface area contributed by atoms with Gasteiger partial charge in [0.1, 0.15) is 0 Å². The zero-order valence-electron chi connectivity index (χ0n) is 17.2. The maximum Gasteiger partial charge on any atom is 0.248 e. The zero-order chi connectivity index (χ0) is 20.6. The van der Waals surface area contributed by atoms with Gasteiger partial charge < -0.3 is 24.4 Å². The fourth-order valence-electron chi connectivity index (χ4n) is 3.22. The Hall–Kier alpha value is -2.99. The van der Waals surface area contributed by atoms with Crippen LogP contribution in [0.15, 0.2) is 42.5 Å². The standard InChI is InChI=1S/C23H28N2O4/c1-4-29-21-9-5-18(16-22(21)27-3)6-10-23(26)24-20-8-7-19(15-17(20)2)25-11-13-28-14-12-25/h5-10,15-16H,4,11-14H2,1-3H3,(H,24,26)/b10-6+. The molecule has 1 heterocycles. The predicted octanol–water partition coefficient (Wildman–Crippen LogP) is 3.89. The van der Waals surface area contributed by atoms with E-state index in [4.69, 9.17) is 14.2 Å². The first-order valence-corrected chi connectivity index (χ1v) is 9.84. The number of carbonyl (C=O) groups excluding carboxylic acids is 1. The van der Waals surface area contributed by atoms with Crippen molar-refractivity contribution >= 4 is 23.4 Å². The summed E-state index contributed by atoms with van der Waals surface area (Å²) in [5.74, 6) is 1.15. The van der Waals surface area contributed by atoms with Crippen molar-refractivity contribution in [1.82, 2.24) is 0 Å². The summed E-state index contributed by atoms with van der Waals surface area (Å²) < 4.78 is 16.3. The van der Waals surface area contributed by atoms with E-state index < -0.39 is 0 Å². The van der Waals surface area contributed by atoms with Gasteiger partial charge in [0.05, 0.1) is 26.9 Å². The fourth-order valence-corrected chi connectivity index (χ4v) is 3.22. The molecule has 0 unspecified atom stereocenters. The Morgan fingerprint density at radius 2 is 1.97 bits per heavy atom. The number of nitrogens with zero attached hydrogens (tertiary/aromatic N) is 1. The predicted molar refractivity (Wildman–Crippen MR) is 116 cm³/mol. The van der Waals surface area contributed by atoms with Crippen molar-refractivity contribution in [1.29, 1.82) is 0 Å². The number of methoxy groups -OCH3 is 1. The number of hydrogen-bond acceptors (Lipinski definition) is 5. The van der Waals surface area contributed by atoms with Gasteiger partial charge in [-0.2, -0.15) is 0 Å². The van der Waals surface area contributed by atoms with Crippen molar-refractivity contribution in [3.63, 3.8) is 0 Å². The van der Waals surface area contributed by atoms with Gasteiger partial charge >= 0.3 is 0 Å². The van der Waals surface area contributed by atoms with Crippen molar-refractivity contribution < 1.29 is 19.0 Å². The molecule has 1 aliphatic rings. The second kappa shape index (κ2) is 9.98. The maximum absolute atomic E-state index is 12.4. The Balaban J connectivity index is 1.64. The lowest BCUT2D eigenvalue weighted by atomic mass is 10.1. The van der Waals surface area contributed by atoms with Crippen molar-refractivity contribution in [2.24, 2.45) is 0 Å². The van der Waals surface area contributed by atoms with Gasteiger partial charge in [-0.15, -0.1) is 0 Å².